The average Bonchev–Trinajstić information content (AvgIpc) is 3.30. The van der Waals surface area contributed by atoms with E-state index in [-0.39, 0.29) is 23.8 Å². The lowest BCUT2D eigenvalue weighted by molar-refractivity contribution is -0.116. The number of benzene rings is 3. The molecule has 0 unspecified atom stereocenters. The number of carbonyl (C=O) groups excluding carboxylic acids is 1. The van der Waals surface area contributed by atoms with Crippen molar-refractivity contribution < 1.29 is 13.2 Å². The number of sulfonamides is 1. The van der Waals surface area contributed by atoms with Gasteiger partial charge in [-0.15, -0.1) is 10.2 Å². The number of hydrogen-bond donors (Lipinski definition) is 1. The summed E-state index contributed by atoms with van der Waals surface area (Å²) in [4.78, 5) is 12.7. The molecule has 0 saturated carbocycles. The molecule has 4 aromatic rings. The van der Waals surface area contributed by atoms with Crippen LogP contribution >= 0.6 is 11.3 Å². The van der Waals surface area contributed by atoms with Crippen molar-refractivity contribution >= 4 is 43.2 Å². The summed E-state index contributed by atoms with van der Waals surface area (Å²) >= 11 is 1.28. The average molecular weight is 481 g/mol. The summed E-state index contributed by atoms with van der Waals surface area (Å²) in [6, 6.07) is 22.3. The van der Waals surface area contributed by atoms with Gasteiger partial charge in [-0.05, 0) is 29.3 Å². The van der Waals surface area contributed by atoms with E-state index in [0.29, 0.717) is 23.1 Å². The molecule has 0 radical (unpaired) electrons. The van der Waals surface area contributed by atoms with Gasteiger partial charge in [0.2, 0.25) is 21.1 Å². The first-order valence-electron chi connectivity index (χ1n) is 10.6. The third kappa shape index (κ3) is 5.44. The molecule has 1 heterocycles. The lowest BCUT2D eigenvalue weighted by Gasteiger charge is -2.21. The highest BCUT2D eigenvalue weighted by molar-refractivity contribution is 7.89. The second kappa shape index (κ2) is 10.2. The number of aromatic nitrogens is 2. The molecule has 0 spiro atoms. The Kier molecular flexibility index (Phi) is 7.12. The van der Waals surface area contributed by atoms with Gasteiger partial charge < -0.3 is 5.32 Å². The Hall–Kier alpha value is -3.14. The molecule has 0 aliphatic rings. The minimum absolute atomic E-state index is 0.0209. The van der Waals surface area contributed by atoms with Gasteiger partial charge in [-0.25, -0.2) is 8.42 Å². The van der Waals surface area contributed by atoms with Crippen LogP contribution in [0.25, 0.3) is 21.3 Å². The molecular formula is C24H24N4O3S2. The highest BCUT2D eigenvalue weighted by Crippen LogP contribution is 2.26. The summed E-state index contributed by atoms with van der Waals surface area (Å²) in [7, 11) is -3.73. The smallest absolute Gasteiger partial charge is 0.243 e. The van der Waals surface area contributed by atoms with Crippen LogP contribution in [0.15, 0.2) is 77.7 Å². The normalized spacial score (nSPS) is 11.7. The van der Waals surface area contributed by atoms with Gasteiger partial charge >= 0.3 is 0 Å². The first kappa shape index (κ1) is 23.0. The minimum atomic E-state index is -3.73. The molecule has 1 aromatic heterocycles. The maximum atomic E-state index is 13.3. The van der Waals surface area contributed by atoms with E-state index in [1.807, 2.05) is 61.5 Å². The molecule has 1 N–H and O–H groups in total. The summed E-state index contributed by atoms with van der Waals surface area (Å²) in [5, 5.41) is 13.8. The van der Waals surface area contributed by atoms with Gasteiger partial charge in [-0.3, -0.25) is 4.79 Å². The van der Waals surface area contributed by atoms with E-state index in [0.717, 1.165) is 16.3 Å². The summed E-state index contributed by atoms with van der Waals surface area (Å²) in [6.07, 6.45) is 0.665. The largest absolute Gasteiger partial charge is 0.300 e. The predicted molar refractivity (Wildman–Crippen MR) is 132 cm³/mol. The number of rotatable bonds is 9. The molecule has 7 nitrogen and oxygen atoms in total. The molecule has 9 heteroatoms. The fraction of sp³-hybridized carbons (Fsp3) is 0.208. The van der Waals surface area contributed by atoms with Crippen LogP contribution in [0, 0.1) is 0 Å². The number of carbonyl (C=O) groups is 1. The number of hydrogen-bond acceptors (Lipinski definition) is 6. The number of amides is 1. The predicted octanol–water partition coefficient (Wildman–Crippen LogP) is 4.79. The van der Waals surface area contributed by atoms with Crippen molar-refractivity contribution in [1.82, 2.24) is 14.5 Å². The molecule has 4 rings (SSSR count). The Labute approximate surface area is 197 Å². The van der Waals surface area contributed by atoms with Crippen LogP contribution < -0.4 is 5.32 Å². The first-order chi connectivity index (χ1) is 16.0. The quantitative estimate of drug-likeness (QED) is 0.372. The van der Waals surface area contributed by atoms with Gasteiger partial charge in [-0.1, -0.05) is 78.9 Å². The van der Waals surface area contributed by atoms with Gasteiger partial charge in [0, 0.05) is 25.1 Å². The fourth-order valence-corrected chi connectivity index (χ4v) is 5.79. The van der Waals surface area contributed by atoms with Crippen LogP contribution in [0.1, 0.15) is 19.8 Å². The van der Waals surface area contributed by atoms with Crippen molar-refractivity contribution in [2.24, 2.45) is 0 Å². The van der Waals surface area contributed by atoms with E-state index in [2.05, 4.69) is 15.5 Å². The fourth-order valence-electron chi connectivity index (χ4n) is 3.46. The van der Waals surface area contributed by atoms with E-state index >= 15 is 0 Å². The summed E-state index contributed by atoms with van der Waals surface area (Å²) in [5.74, 6) is -0.305. The zero-order valence-electron chi connectivity index (χ0n) is 18.1. The van der Waals surface area contributed by atoms with Gasteiger partial charge in [0.05, 0.1) is 4.90 Å². The Morgan fingerprint density at radius 2 is 1.67 bits per heavy atom. The molecular weight excluding hydrogens is 456 g/mol. The molecule has 0 aliphatic heterocycles. The third-order valence-electron chi connectivity index (χ3n) is 5.11. The Morgan fingerprint density at radius 1 is 0.939 bits per heavy atom. The Morgan fingerprint density at radius 3 is 2.42 bits per heavy atom. The highest BCUT2D eigenvalue weighted by Gasteiger charge is 2.25. The van der Waals surface area contributed by atoms with Crippen LogP contribution in [0.5, 0.6) is 0 Å². The molecule has 170 valence electrons. The van der Waals surface area contributed by atoms with Gasteiger partial charge in [0.25, 0.3) is 0 Å². The second-order valence-electron chi connectivity index (χ2n) is 7.49. The van der Waals surface area contributed by atoms with Gasteiger partial charge in [-0.2, -0.15) is 4.31 Å². The first-order valence-corrected chi connectivity index (χ1v) is 12.9. The summed E-state index contributed by atoms with van der Waals surface area (Å²) < 4.78 is 27.9. The number of nitrogens with zero attached hydrogens (tertiary/aromatic N) is 3. The van der Waals surface area contributed by atoms with E-state index in [4.69, 9.17) is 0 Å². The molecule has 0 fully saturated rings. The van der Waals surface area contributed by atoms with Gasteiger partial charge in [0.15, 0.2) is 0 Å². The third-order valence-corrected chi connectivity index (χ3v) is 7.89. The molecule has 1 amide bonds. The van der Waals surface area contributed by atoms with Crippen molar-refractivity contribution in [1.29, 1.82) is 0 Å². The monoisotopic (exact) mass is 480 g/mol. The zero-order chi connectivity index (χ0) is 23.3. The molecule has 33 heavy (non-hydrogen) atoms. The van der Waals surface area contributed by atoms with Crippen LogP contribution in [0.4, 0.5) is 5.13 Å². The van der Waals surface area contributed by atoms with E-state index in [1.54, 1.807) is 18.2 Å². The Bertz CT molecular complexity index is 1350. The summed E-state index contributed by atoms with van der Waals surface area (Å²) in [5.41, 5.74) is 0.922. The molecule has 0 bridgehead atoms. The van der Waals surface area contributed by atoms with E-state index in [9.17, 15) is 13.2 Å². The van der Waals surface area contributed by atoms with Crippen molar-refractivity contribution in [3.63, 3.8) is 0 Å². The SMILES string of the molecule is CCCN(CCC(=O)Nc1nnc(-c2ccccc2)s1)S(=O)(=O)c1ccc2ccccc2c1. The van der Waals surface area contributed by atoms with Gasteiger partial charge in [0.1, 0.15) is 5.01 Å². The van der Waals surface area contributed by atoms with Crippen LogP contribution in [-0.4, -0.2) is 41.9 Å². The number of anilines is 1. The van der Waals surface area contributed by atoms with Crippen LogP contribution in [-0.2, 0) is 14.8 Å². The van der Waals surface area contributed by atoms with Crippen molar-refractivity contribution in [2.45, 2.75) is 24.7 Å². The van der Waals surface area contributed by atoms with E-state index < -0.39 is 10.0 Å². The Balaban J connectivity index is 1.43. The molecule has 3 aromatic carbocycles. The van der Waals surface area contributed by atoms with Crippen LogP contribution in [0.2, 0.25) is 0 Å². The maximum absolute atomic E-state index is 13.3. The second-order valence-corrected chi connectivity index (χ2v) is 10.4. The zero-order valence-corrected chi connectivity index (χ0v) is 19.8. The van der Waals surface area contributed by atoms with Crippen molar-refractivity contribution in [2.75, 3.05) is 18.4 Å². The van der Waals surface area contributed by atoms with Crippen LogP contribution in [0.3, 0.4) is 0 Å². The lowest BCUT2D eigenvalue weighted by Crippen LogP contribution is -2.34. The number of nitrogens with one attached hydrogen (secondary N) is 1. The van der Waals surface area contributed by atoms with E-state index in [1.165, 1.54) is 15.6 Å². The molecule has 0 aliphatic carbocycles. The molecule has 0 atom stereocenters. The lowest BCUT2D eigenvalue weighted by atomic mass is 10.1. The number of fused-ring (bicyclic) bond motifs is 1. The van der Waals surface area contributed by atoms with Crippen molar-refractivity contribution in [3.05, 3.63) is 72.8 Å². The summed E-state index contributed by atoms with van der Waals surface area (Å²) in [6.45, 7) is 2.33. The van der Waals surface area contributed by atoms with Crippen molar-refractivity contribution in [3.8, 4) is 10.6 Å². The topological polar surface area (TPSA) is 92.3 Å². The molecule has 0 saturated heterocycles. The standard InChI is InChI=1S/C24H24N4O3S2/c1-2-15-28(33(30,31)21-13-12-18-8-6-7-11-20(18)17-21)16-14-22(29)25-24-27-26-23(32-24)19-9-4-3-5-10-19/h3-13,17H,2,14-16H2,1H3,(H,25,27,29). The highest BCUT2D eigenvalue weighted by atomic mass is 32.2. The minimum Gasteiger partial charge on any atom is -0.300 e. The maximum Gasteiger partial charge on any atom is 0.243 e.